The summed E-state index contributed by atoms with van der Waals surface area (Å²) >= 11 is 3.18. The van der Waals surface area contributed by atoms with Crippen molar-refractivity contribution in [3.05, 3.63) is 24.3 Å². The van der Waals surface area contributed by atoms with Crippen molar-refractivity contribution in [2.45, 2.75) is 30.6 Å². The Hall–Kier alpha value is -0.580. The summed E-state index contributed by atoms with van der Waals surface area (Å²) in [6.45, 7) is 6.27. The van der Waals surface area contributed by atoms with E-state index in [9.17, 15) is 0 Å². The van der Waals surface area contributed by atoms with E-state index in [-0.39, 0.29) is 5.54 Å². The molecule has 0 atom stereocenters. The number of nitrogens with zero attached hydrogens (tertiary/aromatic N) is 2. The number of benzene rings is 1. The third-order valence-corrected chi connectivity index (χ3v) is 3.86. The van der Waals surface area contributed by atoms with Gasteiger partial charge in [-0.1, -0.05) is 12.1 Å². The first kappa shape index (κ1) is 10.9. The quantitative estimate of drug-likeness (QED) is 0.745. The summed E-state index contributed by atoms with van der Waals surface area (Å²) in [5.41, 5.74) is 1.05. The molecule has 1 aromatic heterocycles. The lowest BCUT2D eigenvalue weighted by Crippen LogP contribution is -2.23. The number of aromatic nitrogens is 1. The predicted molar refractivity (Wildman–Crippen MR) is 67.4 cm³/mol. The van der Waals surface area contributed by atoms with Crippen LogP contribution in [0.4, 0.5) is 0 Å². The Kier molecular flexibility index (Phi) is 3.00. The molecule has 0 saturated carbocycles. The molecule has 15 heavy (non-hydrogen) atoms. The summed E-state index contributed by atoms with van der Waals surface area (Å²) in [5.74, 6) is 0. The molecular weight excluding hydrogens is 224 g/mol. The summed E-state index contributed by atoms with van der Waals surface area (Å²) in [4.78, 5) is 4.50. The van der Waals surface area contributed by atoms with Crippen molar-refractivity contribution < 1.29 is 0 Å². The number of thiazole rings is 1. The molecule has 0 unspecified atom stereocenters. The Labute approximate surface area is 98.2 Å². The number of para-hydroxylation sites is 1. The third kappa shape index (κ3) is 2.93. The third-order valence-electron chi connectivity index (χ3n) is 1.67. The van der Waals surface area contributed by atoms with Crippen LogP contribution >= 0.6 is 23.3 Å². The molecule has 0 bridgehead atoms. The van der Waals surface area contributed by atoms with E-state index < -0.39 is 0 Å². The van der Waals surface area contributed by atoms with Gasteiger partial charge in [0.2, 0.25) is 0 Å². The van der Waals surface area contributed by atoms with Crippen molar-refractivity contribution in [1.82, 2.24) is 9.71 Å². The minimum atomic E-state index is -0.0114. The van der Waals surface area contributed by atoms with Crippen LogP contribution in [0.3, 0.4) is 0 Å². The van der Waals surface area contributed by atoms with Crippen LogP contribution in [-0.2, 0) is 0 Å². The lowest BCUT2D eigenvalue weighted by Gasteiger charge is -2.14. The van der Waals surface area contributed by atoms with E-state index in [4.69, 9.17) is 0 Å². The molecule has 0 saturated heterocycles. The van der Waals surface area contributed by atoms with E-state index in [1.807, 2.05) is 18.2 Å². The summed E-state index contributed by atoms with van der Waals surface area (Å²) < 4.78 is 6.73. The molecule has 0 N–H and O–H groups in total. The molecule has 0 fully saturated rings. The molecule has 4 heteroatoms. The van der Waals surface area contributed by atoms with Crippen molar-refractivity contribution in [1.29, 1.82) is 0 Å². The molecule has 0 spiro atoms. The Morgan fingerprint density at radius 1 is 1.27 bits per heavy atom. The van der Waals surface area contributed by atoms with Crippen LogP contribution in [0.2, 0.25) is 0 Å². The van der Waals surface area contributed by atoms with Crippen molar-refractivity contribution >= 4 is 33.5 Å². The van der Waals surface area contributed by atoms with E-state index in [1.54, 1.807) is 11.3 Å². The maximum Gasteiger partial charge on any atom is 0.167 e. The van der Waals surface area contributed by atoms with Gasteiger partial charge in [0, 0.05) is 17.5 Å². The number of fused-ring (bicyclic) bond motifs is 1. The molecule has 2 aromatic rings. The Morgan fingerprint density at radius 2 is 2.00 bits per heavy atom. The summed E-state index contributed by atoms with van der Waals surface area (Å²) in [6, 6.07) is 8.17. The first-order valence-electron chi connectivity index (χ1n) is 4.79. The largest absolute Gasteiger partial charge is 0.228 e. The van der Waals surface area contributed by atoms with Gasteiger partial charge in [-0.2, -0.15) is 4.72 Å². The van der Waals surface area contributed by atoms with Crippen LogP contribution < -0.4 is 4.72 Å². The average Bonchev–Trinajstić information content (AvgIpc) is 2.56. The number of rotatable bonds is 2. The zero-order valence-corrected chi connectivity index (χ0v) is 10.7. The zero-order chi connectivity index (χ0) is 10.9. The van der Waals surface area contributed by atoms with Gasteiger partial charge in [-0.3, -0.25) is 0 Å². The topological polar surface area (TPSA) is 27.0 Å². The predicted octanol–water partition coefficient (Wildman–Crippen LogP) is 3.71. The lowest BCUT2D eigenvalue weighted by atomic mass is 10.1. The smallest absolute Gasteiger partial charge is 0.167 e. The average molecular weight is 237 g/mol. The maximum atomic E-state index is 4.50. The van der Waals surface area contributed by atoms with E-state index in [0.29, 0.717) is 0 Å². The number of hydrogen-bond acceptors (Lipinski definition) is 3. The highest BCUT2D eigenvalue weighted by Crippen LogP contribution is 2.29. The zero-order valence-electron chi connectivity index (χ0n) is 9.02. The van der Waals surface area contributed by atoms with Gasteiger partial charge in [0.05, 0.1) is 10.2 Å². The molecule has 2 rings (SSSR count). The molecule has 0 aliphatic rings. The van der Waals surface area contributed by atoms with Gasteiger partial charge in [-0.15, -0.1) is 11.3 Å². The lowest BCUT2D eigenvalue weighted by molar-refractivity contribution is 0.527. The summed E-state index contributed by atoms with van der Waals surface area (Å²) in [6.07, 6.45) is 0. The Morgan fingerprint density at radius 3 is 2.67 bits per heavy atom. The van der Waals surface area contributed by atoms with Crippen LogP contribution in [0.25, 0.3) is 10.2 Å². The minimum Gasteiger partial charge on any atom is -0.228 e. The minimum absolute atomic E-state index is 0.0114. The molecule has 0 aliphatic carbocycles. The number of hydrogen-bond donors (Lipinski definition) is 0. The fourth-order valence-corrected chi connectivity index (χ4v) is 2.78. The van der Waals surface area contributed by atoms with Crippen LogP contribution in [-0.4, -0.2) is 10.5 Å². The van der Waals surface area contributed by atoms with E-state index in [2.05, 4.69) is 36.5 Å². The van der Waals surface area contributed by atoms with Gasteiger partial charge in [0.25, 0.3) is 0 Å². The first-order chi connectivity index (χ1) is 7.04. The van der Waals surface area contributed by atoms with Crippen LogP contribution in [0.5, 0.6) is 0 Å². The summed E-state index contributed by atoms with van der Waals surface area (Å²) in [7, 11) is 0. The highest BCUT2D eigenvalue weighted by molar-refractivity contribution is 7.99. The van der Waals surface area contributed by atoms with Crippen LogP contribution in [0, 0.1) is 0 Å². The molecule has 0 amide bonds. The van der Waals surface area contributed by atoms with Gasteiger partial charge in [0.1, 0.15) is 0 Å². The monoisotopic (exact) mass is 237 g/mol. The van der Waals surface area contributed by atoms with Crippen molar-refractivity contribution in [3.63, 3.8) is 0 Å². The molecule has 0 aliphatic heterocycles. The molecule has 1 aromatic carbocycles. The Bertz CT molecular complexity index is 424. The van der Waals surface area contributed by atoms with E-state index >= 15 is 0 Å². The van der Waals surface area contributed by atoms with Gasteiger partial charge >= 0.3 is 0 Å². The molecular formula is C11H13N2S2. The highest BCUT2D eigenvalue weighted by atomic mass is 32.2. The highest BCUT2D eigenvalue weighted by Gasteiger charge is 2.13. The standard InChI is InChI=1S/C11H13N2S2/c1-11(2,3)13-15-10-12-8-6-4-5-7-9(8)14-10/h4-7H,1-3H3. The van der Waals surface area contributed by atoms with Crippen molar-refractivity contribution in [2.75, 3.05) is 0 Å². The molecule has 1 radical (unpaired) electrons. The van der Waals surface area contributed by atoms with Crippen molar-refractivity contribution in [3.8, 4) is 0 Å². The second-order valence-electron chi connectivity index (χ2n) is 4.30. The second-order valence-corrected chi connectivity index (χ2v) is 6.34. The fraction of sp³-hybridized carbons (Fsp3) is 0.364. The van der Waals surface area contributed by atoms with Crippen LogP contribution in [0.15, 0.2) is 28.6 Å². The van der Waals surface area contributed by atoms with Gasteiger partial charge in [-0.05, 0) is 32.9 Å². The van der Waals surface area contributed by atoms with E-state index in [1.165, 1.54) is 16.6 Å². The Balaban J connectivity index is 2.16. The van der Waals surface area contributed by atoms with Crippen LogP contribution in [0.1, 0.15) is 20.8 Å². The van der Waals surface area contributed by atoms with Gasteiger partial charge in [0.15, 0.2) is 4.34 Å². The fourth-order valence-electron chi connectivity index (χ4n) is 1.07. The first-order valence-corrected chi connectivity index (χ1v) is 6.38. The SMILES string of the molecule is CC(C)(C)[N]Sc1nc2ccccc2s1. The van der Waals surface area contributed by atoms with Crippen molar-refractivity contribution in [2.24, 2.45) is 0 Å². The molecule has 79 valence electrons. The van der Waals surface area contributed by atoms with E-state index in [0.717, 1.165) is 9.86 Å². The second kappa shape index (κ2) is 4.12. The molecule has 1 heterocycles. The van der Waals surface area contributed by atoms with Gasteiger partial charge in [-0.25, -0.2) is 4.98 Å². The maximum absolute atomic E-state index is 4.50. The normalized spacial score (nSPS) is 12.2. The van der Waals surface area contributed by atoms with Gasteiger partial charge < -0.3 is 0 Å². The molecule has 2 nitrogen and oxygen atoms in total. The summed E-state index contributed by atoms with van der Waals surface area (Å²) in [5, 5.41) is 0.